The first-order chi connectivity index (χ1) is 19.3. The summed E-state index contributed by atoms with van der Waals surface area (Å²) in [4.78, 5) is 29.2. The highest BCUT2D eigenvalue weighted by atomic mass is 35.5. The summed E-state index contributed by atoms with van der Waals surface area (Å²) in [5, 5.41) is 4.01. The highest BCUT2D eigenvalue weighted by Crippen LogP contribution is 2.28. The van der Waals surface area contributed by atoms with E-state index in [-0.39, 0.29) is 30.5 Å². The maximum absolute atomic E-state index is 14.2. The van der Waals surface area contributed by atoms with Crippen molar-refractivity contribution in [1.82, 2.24) is 10.2 Å². The predicted octanol–water partition coefficient (Wildman–Crippen LogP) is 6.13. The van der Waals surface area contributed by atoms with Crippen LogP contribution >= 0.6 is 34.8 Å². The summed E-state index contributed by atoms with van der Waals surface area (Å²) in [6.07, 6.45) is 1.23. The molecule has 0 bridgehead atoms. The number of benzene rings is 3. The van der Waals surface area contributed by atoms with Gasteiger partial charge in [0.25, 0.3) is 0 Å². The van der Waals surface area contributed by atoms with Crippen molar-refractivity contribution in [3.8, 4) is 0 Å². The van der Waals surface area contributed by atoms with Crippen LogP contribution < -0.4 is 9.62 Å². The second-order valence-electron chi connectivity index (χ2n) is 10.3. The fraction of sp³-hybridized carbons (Fsp3) is 0.333. The van der Waals surface area contributed by atoms with Crippen LogP contribution in [0.4, 0.5) is 5.69 Å². The molecule has 7 nitrogen and oxygen atoms in total. The van der Waals surface area contributed by atoms with E-state index in [0.717, 1.165) is 16.1 Å². The molecule has 0 saturated carbocycles. The fourth-order valence-corrected chi connectivity index (χ4v) is 5.79. The van der Waals surface area contributed by atoms with Crippen LogP contribution in [0.2, 0.25) is 15.1 Å². The molecule has 0 spiro atoms. The van der Waals surface area contributed by atoms with Gasteiger partial charge in [0.1, 0.15) is 12.6 Å². The molecule has 3 aromatic carbocycles. The van der Waals surface area contributed by atoms with Crippen molar-refractivity contribution in [3.63, 3.8) is 0 Å². The fourth-order valence-electron chi connectivity index (χ4n) is 4.26. The molecule has 0 aliphatic heterocycles. The number of aryl methyl sites for hydroxylation is 1. The summed E-state index contributed by atoms with van der Waals surface area (Å²) in [6, 6.07) is 18.1. The van der Waals surface area contributed by atoms with Gasteiger partial charge in [-0.3, -0.25) is 13.9 Å². The molecule has 41 heavy (non-hydrogen) atoms. The van der Waals surface area contributed by atoms with E-state index in [1.165, 1.54) is 11.0 Å². The average molecular weight is 639 g/mol. The number of hydrogen-bond acceptors (Lipinski definition) is 4. The standard InChI is InChI=1S/C30H34Cl3N3O4S/c1-20(2)17-34-30(38)28(14-22-8-6-5-7-9-22)35(18-23-11-13-24(31)15-26(23)33)29(37)19-36(41(4,39)40)27-16-25(32)12-10-21(27)3/h5-13,15-16,20,28H,14,17-19H2,1-4H3,(H,34,38)/t28-/m1/s1. The lowest BCUT2D eigenvalue weighted by Crippen LogP contribution is -2.53. The third-order valence-corrected chi connectivity index (χ3v) is 8.38. The van der Waals surface area contributed by atoms with Gasteiger partial charge in [0.15, 0.2) is 0 Å². The number of carbonyl (C=O) groups is 2. The first kappa shape index (κ1) is 32.7. The Balaban J connectivity index is 2.10. The van der Waals surface area contributed by atoms with E-state index in [9.17, 15) is 18.0 Å². The van der Waals surface area contributed by atoms with Gasteiger partial charge in [-0.2, -0.15) is 0 Å². The summed E-state index contributed by atoms with van der Waals surface area (Å²) >= 11 is 18.8. The van der Waals surface area contributed by atoms with Gasteiger partial charge in [0.2, 0.25) is 21.8 Å². The maximum atomic E-state index is 14.2. The molecule has 0 fully saturated rings. The van der Waals surface area contributed by atoms with Gasteiger partial charge in [-0.05, 0) is 53.8 Å². The van der Waals surface area contributed by atoms with Crippen LogP contribution in [0, 0.1) is 12.8 Å². The Labute approximate surface area is 257 Å². The number of nitrogens with one attached hydrogen (secondary N) is 1. The number of anilines is 1. The van der Waals surface area contributed by atoms with Crippen molar-refractivity contribution < 1.29 is 18.0 Å². The number of carbonyl (C=O) groups excluding carboxylic acids is 2. The minimum Gasteiger partial charge on any atom is -0.354 e. The second kappa shape index (κ2) is 14.4. The Morgan fingerprint density at radius 2 is 1.56 bits per heavy atom. The lowest BCUT2D eigenvalue weighted by atomic mass is 10.0. The van der Waals surface area contributed by atoms with Gasteiger partial charge in [-0.15, -0.1) is 0 Å². The topological polar surface area (TPSA) is 86.8 Å². The van der Waals surface area contributed by atoms with E-state index in [2.05, 4.69) is 5.32 Å². The largest absolute Gasteiger partial charge is 0.354 e. The molecular formula is C30H34Cl3N3O4S. The van der Waals surface area contributed by atoms with Crippen molar-refractivity contribution in [3.05, 3.63) is 98.5 Å². The Kier molecular flexibility index (Phi) is 11.5. The SMILES string of the molecule is Cc1ccc(Cl)cc1N(CC(=O)N(Cc1ccc(Cl)cc1Cl)[C@H](Cc1ccccc1)C(=O)NCC(C)C)S(C)(=O)=O. The van der Waals surface area contributed by atoms with E-state index in [0.29, 0.717) is 32.7 Å². The highest BCUT2D eigenvalue weighted by molar-refractivity contribution is 7.92. The van der Waals surface area contributed by atoms with E-state index >= 15 is 0 Å². The molecule has 11 heteroatoms. The third-order valence-electron chi connectivity index (χ3n) is 6.43. The van der Waals surface area contributed by atoms with Crippen LogP contribution in [0.15, 0.2) is 66.7 Å². The number of rotatable bonds is 12. The first-order valence-corrected chi connectivity index (χ1v) is 16.0. The zero-order chi connectivity index (χ0) is 30.3. The molecule has 3 aromatic rings. The van der Waals surface area contributed by atoms with Gasteiger partial charge >= 0.3 is 0 Å². The molecular weight excluding hydrogens is 605 g/mol. The van der Waals surface area contributed by atoms with Crippen LogP contribution in [0.1, 0.15) is 30.5 Å². The minimum atomic E-state index is -3.92. The van der Waals surface area contributed by atoms with Gasteiger partial charge in [0, 0.05) is 34.6 Å². The molecule has 1 atom stereocenters. The minimum absolute atomic E-state index is 0.0481. The van der Waals surface area contributed by atoms with Crippen molar-refractivity contribution in [1.29, 1.82) is 0 Å². The number of nitrogens with zero attached hydrogens (tertiary/aromatic N) is 2. The Morgan fingerprint density at radius 1 is 0.927 bits per heavy atom. The molecule has 0 aromatic heterocycles. The smallest absolute Gasteiger partial charge is 0.244 e. The van der Waals surface area contributed by atoms with Crippen molar-refractivity contribution in [2.75, 3.05) is 23.7 Å². The zero-order valence-corrected chi connectivity index (χ0v) is 26.5. The second-order valence-corrected chi connectivity index (χ2v) is 13.5. The summed E-state index contributed by atoms with van der Waals surface area (Å²) < 4.78 is 27.0. The lowest BCUT2D eigenvalue weighted by molar-refractivity contribution is -0.140. The number of hydrogen-bond donors (Lipinski definition) is 1. The van der Waals surface area contributed by atoms with Crippen LogP contribution in [-0.4, -0.2) is 50.5 Å². The van der Waals surface area contributed by atoms with Crippen molar-refractivity contribution in [2.45, 2.75) is 39.8 Å². The first-order valence-electron chi connectivity index (χ1n) is 13.0. The lowest BCUT2D eigenvalue weighted by Gasteiger charge is -2.34. The molecule has 0 radical (unpaired) electrons. The van der Waals surface area contributed by atoms with Gasteiger partial charge in [-0.1, -0.05) is 91.1 Å². The molecule has 0 unspecified atom stereocenters. The van der Waals surface area contributed by atoms with Crippen LogP contribution in [0.5, 0.6) is 0 Å². The Morgan fingerprint density at radius 3 is 2.17 bits per heavy atom. The molecule has 0 aliphatic rings. The third kappa shape index (κ3) is 9.36. The van der Waals surface area contributed by atoms with E-state index in [4.69, 9.17) is 34.8 Å². The molecule has 0 heterocycles. The number of halogens is 3. The molecule has 0 saturated heterocycles. The van der Waals surface area contributed by atoms with Crippen LogP contribution in [-0.2, 0) is 32.6 Å². The maximum Gasteiger partial charge on any atom is 0.244 e. The molecule has 2 amide bonds. The predicted molar refractivity (Wildman–Crippen MR) is 167 cm³/mol. The Hall–Kier alpha value is -2.78. The summed E-state index contributed by atoms with van der Waals surface area (Å²) in [7, 11) is -3.92. The quantitative estimate of drug-likeness (QED) is 0.259. The number of sulfonamides is 1. The summed E-state index contributed by atoms with van der Waals surface area (Å²) in [6.45, 7) is 5.49. The Bertz CT molecular complexity index is 1480. The van der Waals surface area contributed by atoms with E-state index in [1.54, 1.807) is 37.3 Å². The average Bonchev–Trinajstić information content (AvgIpc) is 2.90. The highest BCUT2D eigenvalue weighted by Gasteiger charge is 2.33. The summed E-state index contributed by atoms with van der Waals surface area (Å²) in [5.74, 6) is -0.759. The molecule has 0 aliphatic carbocycles. The van der Waals surface area contributed by atoms with Gasteiger partial charge < -0.3 is 10.2 Å². The monoisotopic (exact) mass is 637 g/mol. The van der Waals surface area contributed by atoms with Crippen LogP contribution in [0.25, 0.3) is 0 Å². The molecule has 1 N–H and O–H groups in total. The normalized spacial score (nSPS) is 12.2. The van der Waals surface area contributed by atoms with Crippen molar-refractivity contribution >= 4 is 62.3 Å². The van der Waals surface area contributed by atoms with E-state index < -0.39 is 28.5 Å². The molecule has 3 rings (SSSR count). The zero-order valence-electron chi connectivity index (χ0n) is 23.4. The van der Waals surface area contributed by atoms with Crippen molar-refractivity contribution in [2.24, 2.45) is 5.92 Å². The van der Waals surface area contributed by atoms with Gasteiger partial charge in [-0.25, -0.2) is 8.42 Å². The number of amides is 2. The van der Waals surface area contributed by atoms with Crippen LogP contribution in [0.3, 0.4) is 0 Å². The van der Waals surface area contributed by atoms with Gasteiger partial charge in [0.05, 0.1) is 11.9 Å². The summed E-state index contributed by atoms with van der Waals surface area (Å²) in [5.41, 5.74) is 2.30. The van der Waals surface area contributed by atoms with E-state index in [1.807, 2.05) is 44.2 Å². The molecule has 220 valence electrons.